The van der Waals surface area contributed by atoms with Crippen molar-refractivity contribution in [3.63, 3.8) is 0 Å². The number of hydrogen-bond donors (Lipinski definition) is 1. The van der Waals surface area contributed by atoms with Crippen molar-refractivity contribution in [1.29, 1.82) is 0 Å². The standard InChI is InChI=1S/C16H16FNO2S/c1-18(10-12-4-2-3-5-15(12)17)11-14-7-6-13(21-14)8-9-16(19)20/h2-9H,10-11H2,1H3,(H,19,20). The van der Waals surface area contributed by atoms with E-state index in [0.717, 1.165) is 15.8 Å². The summed E-state index contributed by atoms with van der Waals surface area (Å²) in [6.45, 7) is 1.23. The van der Waals surface area contributed by atoms with Crippen LogP contribution in [-0.2, 0) is 17.9 Å². The van der Waals surface area contributed by atoms with Gasteiger partial charge in [0.25, 0.3) is 0 Å². The highest BCUT2D eigenvalue weighted by Crippen LogP contribution is 2.20. The number of carboxylic acids is 1. The molecule has 0 fully saturated rings. The fourth-order valence-corrected chi connectivity index (χ4v) is 2.96. The van der Waals surface area contributed by atoms with Crippen molar-refractivity contribution in [2.45, 2.75) is 13.1 Å². The molecule has 2 rings (SSSR count). The van der Waals surface area contributed by atoms with Gasteiger partial charge >= 0.3 is 5.97 Å². The molecule has 0 atom stereocenters. The van der Waals surface area contributed by atoms with Crippen LogP contribution < -0.4 is 0 Å². The molecular weight excluding hydrogens is 289 g/mol. The average molecular weight is 305 g/mol. The summed E-state index contributed by atoms with van der Waals surface area (Å²) in [7, 11) is 1.93. The molecule has 110 valence electrons. The molecule has 0 aliphatic heterocycles. The first-order chi connectivity index (χ1) is 10.0. The summed E-state index contributed by atoms with van der Waals surface area (Å²) in [6.07, 6.45) is 2.70. The van der Waals surface area contributed by atoms with Crippen LogP contribution in [0.2, 0.25) is 0 Å². The zero-order valence-corrected chi connectivity index (χ0v) is 12.4. The topological polar surface area (TPSA) is 40.5 Å². The summed E-state index contributed by atoms with van der Waals surface area (Å²) in [5.74, 6) is -1.15. The second-order valence-electron chi connectivity index (χ2n) is 4.74. The van der Waals surface area contributed by atoms with Gasteiger partial charge in [-0.15, -0.1) is 11.3 Å². The highest BCUT2D eigenvalue weighted by atomic mass is 32.1. The van der Waals surface area contributed by atoms with Crippen LogP contribution >= 0.6 is 11.3 Å². The fourth-order valence-electron chi connectivity index (χ4n) is 1.96. The van der Waals surface area contributed by atoms with Crippen LogP contribution in [0.4, 0.5) is 4.39 Å². The van der Waals surface area contributed by atoms with E-state index in [1.165, 1.54) is 17.4 Å². The zero-order chi connectivity index (χ0) is 15.2. The van der Waals surface area contributed by atoms with Crippen molar-refractivity contribution in [2.24, 2.45) is 0 Å². The van der Waals surface area contributed by atoms with Gasteiger partial charge in [-0.25, -0.2) is 9.18 Å². The molecule has 5 heteroatoms. The quantitative estimate of drug-likeness (QED) is 0.829. The molecule has 0 unspecified atom stereocenters. The molecule has 0 saturated carbocycles. The maximum atomic E-state index is 13.6. The minimum Gasteiger partial charge on any atom is -0.478 e. The number of thiophene rings is 1. The maximum absolute atomic E-state index is 13.6. The number of rotatable bonds is 6. The third-order valence-electron chi connectivity index (χ3n) is 2.90. The van der Waals surface area contributed by atoms with Crippen molar-refractivity contribution in [1.82, 2.24) is 4.90 Å². The van der Waals surface area contributed by atoms with E-state index in [0.29, 0.717) is 18.7 Å². The number of hydrogen-bond acceptors (Lipinski definition) is 3. The third-order valence-corrected chi connectivity index (χ3v) is 3.93. The maximum Gasteiger partial charge on any atom is 0.328 e. The Bertz CT molecular complexity index is 651. The van der Waals surface area contributed by atoms with E-state index >= 15 is 0 Å². The summed E-state index contributed by atoms with van der Waals surface area (Å²) in [4.78, 5) is 14.5. The largest absolute Gasteiger partial charge is 0.478 e. The van der Waals surface area contributed by atoms with Gasteiger partial charge in [-0.05, 0) is 31.3 Å². The van der Waals surface area contributed by atoms with Gasteiger partial charge in [-0.1, -0.05) is 18.2 Å². The van der Waals surface area contributed by atoms with E-state index in [1.807, 2.05) is 30.1 Å². The molecule has 0 radical (unpaired) electrons. The Morgan fingerprint density at radius 1 is 1.29 bits per heavy atom. The zero-order valence-electron chi connectivity index (χ0n) is 11.6. The van der Waals surface area contributed by atoms with Gasteiger partial charge in [0, 0.05) is 34.5 Å². The fraction of sp³-hybridized carbons (Fsp3) is 0.188. The molecule has 21 heavy (non-hydrogen) atoms. The van der Waals surface area contributed by atoms with Gasteiger partial charge in [-0.2, -0.15) is 0 Å². The summed E-state index contributed by atoms with van der Waals surface area (Å²) >= 11 is 1.53. The predicted molar refractivity (Wildman–Crippen MR) is 82.6 cm³/mol. The molecule has 1 aromatic carbocycles. The number of carboxylic acid groups (broad SMARTS) is 1. The minimum atomic E-state index is -0.957. The van der Waals surface area contributed by atoms with E-state index in [1.54, 1.807) is 18.2 Å². The molecule has 0 aliphatic carbocycles. The van der Waals surface area contributed by atoms with Gasteiger partial charge in [0.2, 0.25) is 0 Å². The van der Waals surface area contributed by atoms with Crippen LogP contribution in [0.5, 0.6) is 0 Å². The van der Waals surface area contributed by atoms with Crippen LogP contribution in [-0.4, -0.2) is 23.0 Å². The summed E-state index contributed by atoms with van der Waals surface area (Å²) in [5.41, 5.74) is 0.669. The Morgan fingerprint density at radius 2 is 2.05 bits per heavy atom. The van der Waals surface area contributed by atoms with Gasteiger partial charge < -0.3 is 5.11 Å². The lowest BCUT2D eigenvalue weighted by Crippen LogP contribution is -2.17. The van der Waals surface area contributed by atoms with E-state index < -0.39 is 5.97 Å². The van der Waals surface area contributed by atoms with Crippen LogP contribution in [0.25, 0.3) is 6.08 Å². The predicted octanol–water partition coefficient (Wildman–Crippen LogP) is 3.62. The summed E-state index contributed by atoms with van der Waals surface area (Å²) in [6, 6.07) is 10.6. The van der Waals surface area contributed by atoms with Crippen molar-refractivity contribution in [2.75, 3.05) is 7.05 Å². The SMILES string of the molecule is CN(Cc1ccc(C=CC(=O)O)s1)Cc1ccccc1F. The van der Waals surface area contributed by atoms with E-state index in [4.69, 9.17) is 5.11 Å². The number of halogens is 1. The molecule has 1 heterocycles. The lowest BCUT2D eigenvalue weighted by Gasteiger charge is -2.16. The van der Waals surface area contributed by atoms with Gasteiger partial charge in [0.1, 0.15) is 5.82 Å². The smallest absolute Gasteiger partial charge is 0.328 e. The lowest BCUT2D eigenvalue weighted by atomic mass is 10.2. The van der Waals surface area contributed by atoms with Crippen molar-refractivity contribution < 1.29 is 14.3 Å². The summed E-state index contributed by atoms with van der Waals surface area (Å²) in [5, 5.41) is 8.59. The molecule has 2 aromatic rings. The third kappa shape index (κ3) is 4.81. The van der Waals surface area contributed by atoms with Gasteiger partial charge in [0.05, 0.1) is 0 Å². The van der Waals surface area contributed by atoms with Crippen LogP contribution in [0.3, 0.4) is 0 Å². The van der Waals surface area contributed by atoms with Gasteiger partial charge in [0.15, 0.2) is 0 Å². The van der Waals surface area contributed by atoms with E-state index in [9.17, 15) is 9.18 Å². The second kappa shape index (κ2) is 7.15. The Kier molecular flexibility index (Phi) is 5.25. The Labute approximate surface area is 127 Å². The number of nitrogens with zero attached hydrogens (tertiary/aromatic N) is 1. The van der Waals surface area contributed by atoms with E-state index in [2.05, 4.69) is 0 Å². The lowest BCUT2D eigenvalue weighted by molar-refractivity contribution is -0.131. The van der Waals surface area contributed by atoms with Crippen molar-refractivity contribution >= 4 is 23.4 Å². The normalized spacial score (nSPS) is 11.4. The minimum absolute atomic E-state index is 0.194. The Morgan fingerprint density at radius 3 is 2.76 bits per heavy atom. The molecule has 1 N–H and O–H groups in total. The molecule has 1 aromatic heterocycles. The molecule has 0 saturated heterocycles. The van der Waals surface area contributed by atoms with Crippen LogP contribution in [0.15, 0.2) is 42.5 Å². The van der Waals surface area contributed by atoms with Crippen molar-refractivity contribution in [3.05, 3.63) is 63.6 Å². The van der Waals surface area contributed by atoms with Crippen molar-refractivity contribution in [3.8, 4) is 0 Å². The highest BCUT2D eigenvalue weighted by molar-refractivity contribution is 7.12. The number of carbonyl (C=O) groups is 1. The molecule has 0 bridgehead atoms. The molecule has 0 aliphatic rings. The van der Waals surface area contributed by atoms with Gasteiger partial charge in [-0.3, -0.25) is 4.90 Å². The first kappa shape index (κ1) is 15.4. The molecule has 3 nitrogen and oxygen atoms in total. The van der Waals surface area contributed by atoms with Crippen LogP contribution in [0.1, 0.15) is 15.3 Å². The number of aliphatic carboxylic acids is 1. The monoisotopic (exact) mass is 305 g/mol. The molecular formula is C16H16FNO2S. The van der Waals surface area contributed by atoms with E-state index in [-0.39, 0.29) is 5.82 Å². The summed E-state index contributed by atoms with van der Waals surface area (Å²) < 4.78 is 13.6. The Hall–Kier alpha value is -1.98. The first-order valence-corrected chi connectivity index (χ1v) is 7.28. The number of benzene rings is 1. The Balaban J connectivity index is 1.95. The van der Waals surface area contributed by atoms with Crippen LogP contribution in [0, 0.1) is 5.82 Å². The molecule has 0 spiro atoms. The second-order valence-corrected chi connectivity index (χ2v) is 5.94. The average Bonchev–Trinajstić information content (AvgIpc) is 2.86. The molecule has 0 amide bonds. The first-order valence-electron chi connectivity index (χ1n) is 6.46. The highest BCUT2D eigenvalue weighted by Gasteiger charge is 2.07.